The highest BCUT2D eigenvalue weighted by molar-refractivity contribution is 7.89. The van der Waals surface area contributed by atoms with E-state index in [1.807, 2.05) is 0 Å². The molecule has 1 aliphatic rings. The monoisotopic (exact) mass is 372 g/mol. The van der Waals surface area contributed by atoms with E-state index in [1.165, 1.54) is 43.8 Å². The molecule has 1 heterocycles. The Bertz CT molecular complexity index is 707. The van der Waals surface area contributed by atoms with E-state index < -0.39 is 16.1 Å². The van der Waals surface area contributed by atoms with Crippen LogP contribution in [0.2, 0.25) is 0 Å². The smallest absolute Gasteiger partial charge is 0.243 e. The van der Waals surface area contributed by atoms with E-state index in [4.69, 9.17) is 14.2 Å². The molecule has 140 valence electrons. The normalized spacial score (nSPS) is 18.1. The molecule has 9 heteroatoms. The fraction of sp³-hybridized carbons (Fsp3) is 0.562. The molecule has 25 heavy (non-hydrogen) atoms. The first-order chi connectivity index (χ1) is 12.0. The lowest BCUT2D eigenvalue weighted by Gasteiger charge is -2.23. The maximum Gasteiger partial charge on any atom is 0.243 e. The molecular weight excluding hydrogens is 348 g/mol. The highest BCUT2D eigenvalue weighted by Crippen LogP contribution is 2.33. The number of amides is 1. The minimum absolute atomic E-state index is 0.0711. The van der Waals surface area contributed by atoms with Gasteiger partial charge in [0.15, 0.2) is 11.5 Å². The molecule has 1 unspecified atom stereocenters. The Morgan fingerprint density at radius 1 is 1.24 bits per heavy atom. The molecule has 0 radical (unpaired) electrons. The number of hydrogen-bond acceptors (Lipinski definition) is 6. The van der Waals surface area contributed by atoms with Crippen LogP contribution in [-0.4, -0.2) is 65.7 Å². The number of methoxy groups -OCH3 is 3. The van der Waals surface area contributed by atoms with Crippen LogP contribution in [0, 0.1) is 0 Å². The van der Waals surface area contributed by atoms with Crippen molar-refractivity contribution in [2.24, 2.45) is 0 Å². The van der Waals surface area contributed by atoms with Gasteiger partial charge in [0, 0.05) is 26.3 Å². The molecule has 1 aromatic rings. The summed E-state index contributed by atoms with van der Waals surface area (Å²) in [6, 6.07) is 3.69. The van der Waals surface area contributed by atoms with Gasteiger partial charge in [-0.15, -0.1) is 0 Å². The first-order valence-corrected chi connectivity index (χ1v) is 9.40. The number of carbonyl (C=O) groups excluding carboxylic acids is 1. The number of sulfonamides is 1. The molecule has 1 atom stereocenters. The second-order valence-corrected chi connectivity index (χ2v) is 7.46. The van der Waals surface area contributed by atoms with E-state index in [9.17, 15) is 13.2 Å². The molecule has 0 aliphatic carbocycles. The molecule has 2 rings (SSSR count). The third-order valence-corrected chi connectivity index (χ3v) is 5.98. The maximum absolute atomic E-state index is 13.0. The van der Waals surface area contributed by atoms with E-state index in [-0.39, 0.29) is 10.8 Å². The average Bonchev–Trinajstić information content (AvgIpc) is 3.11. The molecule has 0 aromatic heterocycles. The first kappa shape index (κ1) is 19.5. The van der Waals surface area contributed by atoms with Gasteiger partial charge >= 0.3 is 0 Å². The summed E-state index contributed by atoms with van der Waals surface area (Å²) >= 11 is 0. The topological polar surface area (TPSA) is 94.2 Å². The lowest BCUT2D eigenvalue weighted by molar-refractivity contribution is -0.124. The van der Waals surface area contributed by atoms with Crippen LogP contribution < -0.4 is 14.8 Å². The van der Waals surface area contributed by atoms with Crippen molar-refractivity contribution in [2.45, 2.75) is 23.8 Å². The van der Waals surface area contributed by atoms with Gasteiger partial charge in [0.1, 0.15) is 6.04 Å². The van der Waals surface area contributed by atoms with Crippen molar-refractivity contribution in [3.05, 3.63) is 18.2 Å². The van der Waals surface area contributed by atoms with Crippen LogP contribution in [-0.2, 0) is 19.6 Å². The molecule has 1 aromatic carbocycles. The average molecular weight is 372 g/mol. The van der Waals surface area contributed by atoms with Gasteiger partial charge in [-0.3, -0.25) is 4.79 Å². The molecule has 8 nitrogen and oxygen atoms in total. The SMILES string of the molecule is COCCNC(=O)C1CCCN1S(=O)(=O)c1ccc(OC)c(OC)c1. The third-order valence-electron chi connectivity index (χ3n) is 4.07. The van der Waals surface area contributed by atoms with Crippen LogP contribution in [0.4, 0.5) is 0 Å². The zero-order valence-corrected chi connectivity index (χ0v) is 15.5. The third kappa shape index (κ3) is 4.23. The first-order valence-electron chi connectivity index (χ1n) is 7.96. The predicted molar refractivity (Wildman–Crippen MR) is 91.3 cm³/mol. The quantitative estimate of drug-likeness (QED) is 0.673. The standard InChI is InChI=1S/C16H24N2O6S/c1-22-10-8-17-16(19)13-5-4-9-18(13)25(20,21)12-6-7-14(23-2)15(11-12)24-3/h6-7,11,13H,4-5,8-10H2,1-3H3,(H,17,19). The molecule has 1 saturated heterocycles. The summed E-state index contributed by atoms with van der Waals surface area (Å²) in [5.74, 6) is 0.458. The summed E-state index contributed by atoms with van der Waals surface area (Å²) in [6.45, 7) is 1.02. The number of rotatable bonds is 8. The van der Waals surface area contributed by atoms with Gasteiger partial charge in [0.25, 0.3) is 0 Å². The van der Waals surface area contributed by atoms with Crippen LogP contribution in [0.1, 0.15) is 12.8 Å². The van der Waals surface area contributed by atoms with Crippen molar-refractivity contribution in [1.29, 1.82) is 0 Å². The van der Waals surface area contributed by atoms with Crippen molar-refractivity contribution in [1.82, 2.24) is 9.62 Å². The van der Waals surface area contributed by atoms with E-state index in [0.717, 1.165) is 0 Å². The van der Waals surface area contributed by atoms with Gasteiger partial charge in [-0.1, -0.05) is 0 Å². The van der Waals surface area contributed by atoms with E-state index in [1.54, 1.807) is 0 Å². The molecule has 1 fully saturated rings. The van der Waals surface area contributed by atoms with Crippen molar-refractivity contribution < 1.29 is 27.4 Å². The van der Waals surface area contributed by atoms with Gasteiger partial charge in [-0.25, -0.2) is 8.42 Å². The fourth-order valence-corrected chi connectivity index (χ4v) is 4.47. The van der Waals surface area contributed by atoms with E-state index in [0.29, 0.717) is 44.0 Å². The Labute approximate surface area is 148 Å². The number of hydrogen-bond donors (Lipinski definition) is 1. The molecular formula is C16H24N2O6S. The Balaban J connectivity index is 2.24. The Morgan fingerprint density at radius 2 is 1.96 bits per heavy atom. The number of carbonyl (C=O) groups is 1. The predicted octanol–water partition coefficient (Wildman–Crippen LogP) is 0.620. The van der Waals surface area contributed by atoms with Crippen LogP contribution >= 0.6 is 0 Å². The van der Waals surface area contributed by atoms with Gasteiger partial charge in [-0.2, -0.15) is 4.31 Å². The van der Waals surface area contributed by atoms with Gasteiger partial charge in [-0.05, 0) is 25.0 Å². The molecule has 0 bridgehead atoms. The number of nitrogens with one attached hydrogen (secondary N) is 1. The largest absolute Gasteiger partial charge is 0.493 e. The van der Waals surface area contributed by atoms with Crippen LogP contribution in [0.15, 0.2) is 23.1 Å². The zero-order valence-electron chi connectivity index (χ0n) is 14.6. The van der Waals surface area contributed by atoms with Crippen molar-refractivity contribution >= 4 is 15.9 Å². The van der Waals surface area contributed by atoms with E-state index in [2.05, 4.69) is 5.32 Å². The van der Waals surface area contributed by atoms with Crippen LogP contribution in [0.5, 0.6) is 11.5 Å². The highest BCUT2D eigenvalue weighted by Gasteiger charge is 2.39. The molecule has 1 amide bonds. The van der Waals surface area contributed by atoms with Crippen molar-refractivity contribution in [3.63, 3.8) is 0 Å². The maximum atomic E-state index is 13.0. The zero-order chi connectivity index (χ0) is 18.4. The Hall–Kier alpha value is -1.84. The van der Waals surface area contributed by atoms with Crippen LogP contribution in [0.25, 0.3) is 0 Å². The van der Waals surface area contributed by atoms with Crippen LogP contribution in [0.3, 0.4) is 0 Å². The molecule has 1 N–H and O–H groups in total. The minimum Gasteiger partial charge on any atom is -0.493 e. The summed E-state index contributed by atoms with van der Waals surface area (Å²) < 4.78 is 42.4. The Morgan fingerprint density at radius 3 is 2.60 bits per heavy atom. The molecule has 0 spiro atoms. The minimum atomic E-state index is -3.82. The summed E-state index contributed by atoms with van der Waals surface area (Å²) in [5.41, 5.74) is 0. The lowest BCUT2D eigenvalue weighted by Crippen LogP contribution is -2.46. The van der Waals surface area contributed by atoms with E-state index >= 15 is 0 Å². The summed E-state index contributed by atoms with van der Waals surface area (Å²) in [5, 5.41) is 2.71. The van der Waals surface area contributed by atoms with Crippen molar-refractivity contribution in [3.8, 4) is 11.5 Å². The summed E-state index contributed by atoms with van der Waals surface area (Å²) in [7, 11) is 0.642. The van der Waals surface area contributed by atoms with Crippen molar-refractivity contribution in [2.75, 3.05) is 41.0 Å². The highest BCUT2D eigenvalue weighted by atomic mass is 32.2. The van der Waals surface area contributed by atoms with Gasteiger partial charge in [0.05, 0.1) is 25.7 Å². The summed E-state index contributed by atoms with van der Waals surface area (Å²) in [6.07, 6.45) is 1.13. The number of ether oxygens (including phenoxy) is 3. The van der Waals surface area contributed by atoms with Gasteiger partial charge in [0.2, 0.25) is 15.9 Å². The Kier molecular flexibility index (Phi) is 6.63. The summed E-state index contributed by atoms with van der Waals surface area (Å²) in [4.78, 5) is 12.4. The van der Waals surface area contributed by atoms with Gasteiger partial charge < -0.3 is 19.5 Å². The fourth-order valence-electron chi connectivity index (χ4n) is 2.80. The number of benzene rings is 1. The second kappa shape index (κ2) is 8.50. The molecule has 1 aliphatic heterocycles. The second-order valence-electron chi connectivity index (χ2n) is 5.57. The lowest BCUT2D eigenvalue weighted by atomic mass is 10.2. The molecule has 0 saturated carbocycles. The number of nitrogens with zero attached hydrogens (tertiary/aromatic N) is 1.